The highest BCUT2D eigenvalue weighted by Crippen LogP contribution is 2.45. The van der Waals surface area contributed by atoms with Gasteiger partial charge in [0, 0.05) is 34.2 Å². The summed E-state index contributed by atoms with van der Waals surface area (Å²) in [5, 5.41) is 19.6. The van der Waals surface area contributed by atoms with Crippen molar-refractivity contribution in [1.82, 2.24) is 4.57 Å². The Morgan fingerprint density at radius 2 is 1.79 bits per heavy atom. The van der Waals surface area contributed by atoms with Crippen molar-refractivity contribution < 1.29 is 23.4 Å². The number of nitriles is 1. The Morgan fingerprint density at radius 1 is 1.09 bits per heavy atom. The van der Waals surface area contributed by atoms with Gasteiger partial charge < -0.3 is 14.4 Å². The van der Waals surface area contributed by atoms with Crippen molar-refractivity contribution in [3.05, 3.63) is 83.6 Å². The molecule has 4 rings (SSSR count). The number of fused-ring (bicyclic) bond motifs is 1. The smallest absolute Gasteiger partial charge is 0.335 e. The van der Waals surface area contributed by atoms with E-state index in [4.69, 9.17) is 4.74 Å². The predicted molar refractivity (Wildman–Crippen MR) is 125 cm³/mol. The van der Waals surface area contributed by atoms with Crippen LogP contribution in [0, 0.1) is 23.0 Å². The van der Waals surface area contributed by atoms with E-state index < -0.39 is 23.0 Å². The summed E-state index contributed by atoms with van der Waals surface area (Å²) in [5.74, 6) is -1.95. The molecule has 0 spiro atoms. The molecule has 172 valence electrons. The SMILES string of the molecule is COc1cc(-c2c(C(C)(C)CC#N)n(-c3ccc(C(=O)O)cc3)c3cc(F)ccc23)ccc1F. The second kappa shape index (κ2) is 8.64. The Labute approximate surface area is 195 Å². The van der Waals surface area contributed by atoms with Crippen molar-refractivity contribution in [3.63, 3.8) is 0 Å². The van der Waals surface area contributed by atoms with E-state index in [0.717, 1.165) is 5.56 Å². The maximum Gasteiger partial charge on any atom is 0.335 e. The molecule has 0 radical (unpaired) electrons. The zero-order valence-electron chi connectivity index (χ0n) is 18.9. The largest absolute Gasteiger partial charge is 0.494 e. The van der Waals surface area contributed by atoms with Crippen LogP contribution < -0.4 is 4.74 Å². The highest BCUT2D eigenvalue weighted by molar-refractivity contribution is 6.00. The first-order valence-corrected chi connectivity index (χ1v) is 10.6. The lowest BCUT2D eigenvalue weighted by Crippen LogP contribution is -2.21. The monoisotopic (exact) mass is 460 g/mol. The number of carbonyl (C=O) groups is 1. The number of rotatable bonds is 6. The molecule has 0 saturated carbocycles. The van der Waals surface area contributed by atoms with E-state index in [1.165, 1.54) is 37.4 Å². The number of benzene rings is 3. The third kappa shape index (κ3) is 3.88. The van der Waals surface area contributed by atoms with Gasteiger partial charge in [-0.15, -0.1) is 0 Å². The number of methoxy groups -OCH3 is 1. The number of halogens is 2. The maximum absolute atomic E-state index is 14.4. The Bertz CT molecular complexity index is 1450. The standard InChI is InChI=1S/C27H22F2N2O3/c1-27(2,12-13-30)25-24(17-6-11-21(29)23(14-17)34-3)20-10-7-18(28)15-22(20)31(25)19-8-4-16(5-9-19)26(32)33/h4-11,14-15H,12H2,1-3H3,(H,32,33). The summed E-state index contributed by atoms with van der Waals surface area (Å²) in [6, 6.07) is 17.4. The van der Waals surface area contributed by atoms with E-state index in [9.17, 15) is 23.9 Å². The molecule has 1 aromatic heterocycles. The molecule has 0 fully saturated rings. The molecule has 34 heavy (non-hydrogen) atoms. The fraction of sp³-hybridized carbons (Fsp3) is 0.185. The maximum atomic E-state index is 14.4. The van der Waals surface area contributed by atoms with Crippen LogP contribution in [0.3, 0.4) is 0 Å². The van der Waals surface area contributed by atoms with Gasteiger partial charge in [0.05, 0.1) is 24.3 Å². The first-order valence-electron chi connectivity index (χ1n) is 10.6. The number of carboxylic acids is 1. The van der Waals surface area contributed by atoms with E-state index in [-0.39, 0.29) is 17.7 Å². The lowest BCUT2D eigenvalue weighted by Gasteiger charge is -2.27. The van der Waals surface area contributed by atoms with Gasteiger partial charge in [0.15, 0.2) is 11.6 Å². The quantitative estimate of drug-likeness (QED) is 0.358. The summed E-state index contributed by atoms with van der Waals surface area (Å²) in [6.07, 6.45) is 0.157. The van der Waals surface area contributed by atoms with Crippen molar-refractivity contribution in [3.8, 4) is 28.6 Å². The molecular weight excluding hydrogens is 438 g/mol. The Hall–Kier alpha value is -4.18. The van der Waals surface area contributed by atoms with Crippen molar-refractivity contribution >= 4 is 16.9 Å². The molecule has 1 heterocycles. The predicted octanol–water partition coefficient (Wildman–Crippen LogP) is 6.47. The summed E-state index contributed by atoms with van der Waals surface area (Å²) in [4.78, 5) is 11.4. The summed E-state index contributed by atoms with van der Waals surface area (Å²) in [5.41, 5.74) is 2.66. The third-order valence-corrected chi connectivity index (χ3v) is 5.90. The van der Waals surface area contributed by atoms with Crippen LogP contribution in [0.1, 0.15) is 36.3 Å². The fourth-order valence-electron chi connectivity index (χ4n) is 4.31. The summed E-state index contributed by atoms with van der Waals surface area (Å²) in [6.45, 7) is 3.82. The molecule has 4 aromatic rings. The minimum absolute atomic E-state index is 0.0652. The molecule has 0 amide bonds. The third-order valence-electron chi connectivity index (χ3n) is 5.90. The van der Waals surface area contributed by atoms with Gasteiger partial charge in [-0.25, -0.2) is 13.6 Å². The van der Waals surface area contributed by atoms with Gasteiger partial charge in [-0.3, -0.25) is 0 Å². The number of aromatic nitrogens is 1. The highest BCUT2D eigenvalue weighted by atomic mass is 19.1. The summed E-state index contributed by atoms with van der Waals surface area (Å²) in [7, 11) is 1.38. The average molecular weight is 460 g/mol. The minimum atomic E-state index is -1.06. The Kier molecular flexibility index (Phi) is 5.84. The number of hydrogen-bond acceptors (Lipinski definition) is 3. The zero-order valence-corrected chi connectivity index (χ0v) is 18.9. The van der Waals surface area contributed by atoms with Crippen LogP contribution in [0.5, 0.6) is 5.75 Å². The van der Waals surface area contributed by atoms with E-state index in [2.05, 4.69) is 6.07 Å². The molecule has 0 unspecified atom stereocenters. The van der Waals surface area contributed by atoms with Gasteiger partial charge in [0.2, 0.25) is 0 Å². The minimum Gasteiger partial charge on any atom is -0.494 e. The van der Waals surface area contributed by atoms with Crippen LogP contribution in [-0.4, -0.2) is 22.8 Å². The first kappa shape index (κ1) is 23.0. The van der Waals surface area contributed by atoms with Gasteiger partial charge in [-0.1, -0.05) is 19.9 Å². The summed E-state index contributed by atoms with van der Waals surface area (Å²) >= 11 is 0. The molecule has 0 aliphatic heterocycles. The molecule has 0 aliphatic rings. The van der Waals surface area contributed by atoms with Crippen LogP contribution in [-0.2, 0) is 5.41 Å². The topological polar surface area (TPSA) is 75.2 Å². The van der Waals surface area contributed by atoms with E-state index in [1.54, 1.807) is 30.3 Å². The molecule has 0 bridgehead atoms. The van der Waals surface area contributed by atoms with Crippen molar-refractivity contribution in [2.45, 2.75) is 25.7 Å². The van der Waals surface area contributed by atoms with Crippen molar-refractivity contribution in [2.24, 2.45) is 0 Å². The van der Waals surface area contributed by atoms with Gasteiger partial charge in [0.25, 0.3) is 0 Å². The van der Waals surface area contributed by atoms with Crippen LogP contribution in [0.2, 0.25) is 0 Å². The zero-order chi connectivity index (χ0) is 24.6. The first-order chi connectivity index (χ1) is 16.2. The molecule has 7 heteroatoms. The molecule has 1 N–H and O–H groups in total. The number of ether oxygens (including phenoxy) is 1. The second-order valence-electron chi connectivity index (χ2n) is 8.64. The fourth-order valence-corrected chi connectivity index (χ4v) is 4.31. The number of hydrogen-bond donors (Lipinski definition) is 1. The lowest BCUT2D eigenvalue weighted by molar-refractivity contribution is 0.0697. The Balaban J connectivity index is 2.15. The van der Waals surface area contributed by atoms with Crippen molar-refractivity contribution in [2.75, 3.05) is 7.11 Å². The molecule has 5 nitrogen and oxygen atoms in total. The van der Waals surface area contributed by atoms with E-state index in [0.29, 0.717) is 27.8 Å². The average Bonchev–Trinajstić information content (AvgIpc) is 3.14. The van der Waals surface area contributed by atoms with Gasteiger partial charge in [-0.05, 0) is 60.2 Å². The number of aromatic carboxylic acids is 1. The molecule has 0 aliphatic carbocycles. The van der Waals surface area contributed by atoms with Crippen LogP contribution in [0.25, 0.3) is 27.7 Å². The van der Waals surface area contributed by atoms with Crippen LogP contribution in [0.15, 0.2) is 60.7 Å². The lowest BCUT2D eigenvalue weighted by atomic mass is 9.82. The number of nitrogens with zero attached hydrogens (tertiary/aromatic N) is 2. The van der Waals surface area contributed by atoms with Gasteiger partial charge in [0.1, 0.15) is 5.82 Å². The van der Waals surface area contributed by atoms with Crippen molar-refractivity contribution in [1.29, 1.82) is 5.26 Å². The second-order valence-corrected chi connectivity index (χ2v) is 8.64. The van der Waals surface area contributed by atoms with E-state index >= 15 is 0 Å². The van der Waals surface area contributed by atoms with Crippen LogP contribution >= 0.6 is 0 Å². The Morgan fingerprint density at radius 3 is 2.41 bits per heavy atom. The van der Waals surface area contributed by atoms with Crippen LogP contribution in [0.4, 0.5) is 8.78 Å². The number of carboxylic acid groups (broad SMARTS) is 1. The van der Waals surface area contributed by atoms with Gasteiger partial charge >= 0.3 is 5.97 Å². The van der Waals surface area contributed by atoms with E-state index in [1.807, 2.05) is 18.4 Å². The normalized spacial score (nSPS) is 11.4. The molecule has 0 saturated heterocycles. The van der Waals surface area contributed by atoms with Gasteiger partial charge in [-0.2, -0.15) is 5.26 Å². The molecule has 3 aromatic carbocycles. The highest BCUT2D eigenvalue weighted by Gasteiger charge is 2.32. The summed E-state index contributed by atoms with van der Waals surface area (Å²) < 4.78 is 35.7. The molecule has 0 atom stereocenters. The molecular formula is C27H22F2N2O3.